The largest absolute Gasteiger partial charge is 0.256 e. The maximum absolute atomic E-state index is 5.85. The Morgan fingerprint density at radius 2 is 1.88 bits per heavy atom. The zero-order valence-electron chi connectivity index (χ0n) is 8.84. The number of aromatic nitrogens is 3. The maximum atomic E-state index is 5.85. The monoisotopic (exact) mass is 241 g/mol. The molecule has 0 N–H and O–H groups in total. The van der Waals surface area contributed by atoms with Gasteiger partial charge in [-0.2, -0.15) is 0 Å². The molecule has 1 aromatic carbocycles. The smallest absolute Gasteiger partial charge is 0.133 e. The lowest BCUT2D eigenvalue weighted by atomic mass is 10.1. The van der Waals surface area contributed by atoms with Gasteiger partial charge in [-0.3, -0.25) is 4.98 Å². The molecule has 0 spiro atoms. The van der Waals surface area contributed by atoms with E-state index in [0.717, 1.165) is 22.2 Å². The SMILES string of the molecule is Clc1cc(-c2ccc3ncccc3c2)ncn1. The Morgan fingerprint density at radius 1 is 0.941 bits per heavy atom. The number of pyridine rings is 1. The van der Waals surface area contributed by atoms with Crippen LogP contribution in [0.15, 0.2) is 48.9 Å². The van der Waals surface area contributed by atoms with E-state index in [-0.39, 0.29) is 0 Å². The minimum Gasteiger partial charge on any atom is -0.256 e. The second-order valence-corrected chi connectivity index (χ2v) is 4.02. The molecule has 0 fully saturated rings. The van der Waals surface area contributed by atoms with Gasteiger partial charge in [0.2, 0.25) is 0 Å². The summed E-state index contributed by atoms with van der Waals surface area (Å²) in [6.45, 7) is 0. The first kappa shape index (κ1) is 10.2. The molecule has 82 valence electrons. The van der Waals surface area contributed by atoms with Crippen LogP contribution >= 0.6 is 11.6 Å². The van der Waals surface area contributed by atoms with E-state index in [9.17, 15) is 0 Å². The fraction of sp³-hybridized carbons (Fsp3) is 0. The van der Waals surface area contributed by atoms with Gasteiger partial charge in [0.25, 0.3) is 0 Å². The van der Waals surface area contributed by atoms with Gasteiger partial charge in [-0.05, 0) is 18.2 Å². The Hall–Kier alpha value is -2.00. The molecule has 3 nitrogen and oxygen atoms in total. The standard InChI is InChI=1S/C13H8ClN3/c14-13-7-12(16-8-17-13)10-3-4-11-9(6-10)2-1-5-15-11/h1-8H. The number of hydrogen-bond donors (Lipinski definition) is 0. The summed E-state index contributed by atoms with van der Waals surface area (Å²) in [5, 5.41) is 1.53. The molecule has 0 amide bonds. The van der Waals surface area contributed by atoms with Crippen molar-refractivity contribution in [1.29, 1.82) is 0 Å². The average Bonchev–Trinajstić information content (AvgIpc) is 2.38. The highest BCUT2D eigenvalue weighted by atomic mass is 35.5. The van der Waals surface area contributed by atoms with Crippen LogP contribution in [0.1, 0.15) is 0 Å². The van der Waals surface area contributed by atoms with E-state index >= 15 is 0 Å². The lowest BCUT2D eigenvalue weighted by molar-refractivity contribution is 1.17. The second kappa shape index (κ2) is 4.11. The molecule has 0 bridgehead atoms. The summed E-state index contributed by atoms with van der Waals surface area (Å²) in [6.07, 6.45) is 3.24. The number of rotatable bonds is 1. The maximum Gasteiger partial charge on any atom is 0.133 e. The van der Waals surface area contributed by atoms with Crippen LogP contribution in [0.2, 0.25) is 5.15 Å². The van der Waals surface area contributed by atoms with Crippen LogP contribution in [0, 0.1) is 0 Å². The topological polar surface area (TPSA) is 38.7 Å². The molecule has 17 heavy (non-hydrogen) atoms. The van der Waals surface area contributed by atoms with Crippen LogP contribution < -0.4 is 0 Å². The molecule has 4 heteroatoms. The molecule has 0 atom stereocenters. The van der Waals surface area contributed by atoms with Gasteiger partial charge in [-0.25, -0.2) is 9.97 Å². The van der Waals surface area contributed by atoms with Crippen LogP contribution in [0.5, 0.6) is 0 Å². The van der Waals surface area contributed by atoms with Crippen molar-refractivity contribution < 1.29 is 0 Å². The first-order valence-corrected chi connectivity index (χ1v) is 5.53. The molecule has 0 aliphatic carbocycles. The van der Waals surface area contributed by atoms with Crippen molar-refractivity contribution in [3.63, 3.8) is 0 Å². The van der Waals surface area contributed by atoms with Crippen molar-refractivity contribution >= 4 is 22.5 Å². The number of nitrogens with zero attached hydrogens (tertiary/aromatic N) is 3. The molecule has 2 aromatic heterocycles. The molecule has 0 saturated carbocycles. The van der Waals surface area contributed by atoms with Crippen molar-refractivity contribution in [3.05, 3.63) is 54.1 Å². The van der Waals surface area contributed by atoms with Crippen LogP contribution in [0.4, 0.5) is 0 Å². The normalized spacial score (nSPS) is 10.6. The summed E-state index contributed by atoms with van der Waals surface area (Å²) in [7, 11) is 0. The summed E-state index contributed by atoms with van der Waals surface area (Å²) in [4.78, 5) is 12.3. The van der Waals surface area contributed by atoms with Crippen molar-refractivity contribution in [2.45, 2.75) is 0 Å². The lowest BCUT2D eigenvalue weighted by Crippen LogP contribution is -1.86. The Kier molecular flexibility index (Phi) is 2.46. The average molecular weight is 242 g/mol. The minimum atomic E-state index is 0.446. The van der Waals surface area contributed by atoms with Crippen LogP contribution in [-0.4, -0.2) is 15.0 Å². The van der Waals surface area contributed by atoms with Crippen molar-refractivity contribution in [2.24, 2.45) is 0 Å². The molecule has 3 rings (SSSR count). The summed E-state index contributed by atoms with van der Waals surface area (Å²) < 4.78 is 0. The van der Waals surface area contributed by atoms with Crippen LogP contribution in [0.3, 0.4) is 0 Å². The molecular formula is C13H8ClN3. The molecule has 0 unspecified atom stereocenters. The third-order valence-electron chi connectivity index (χ3n) is 2.53. The molecular weight excluding hydrogens is 234 g/mol. The Labute approximate surface area is 103 Å². The highest BCUT2D eigenvalue weighted by molar-refractivity contribution is 6.29. The summed E-state index contributed by atoms with van der Waals surface area (Å²) >= 11 is 5.85. The third kappa shape index (κ3) is 1.97. The number of fused-ring (bicyclic) bond motifs is 1. The zero-order valence-corrected chi connectivity index (χ0v) is 9.59. The molecule has 0 saturated heterocycles. The summed E-state index contributed by atoms with van der Waals surface area (Å²) in [5.41, 5.74) is 2.79. The number of benzene rings is 1. The highest BCUT2D eigenvalue weighted by Crippen LogP contribution is 2.22. The number of halogens is 1. The van der Waals surface area contributed by atoms with Crippen LogP contribution in [-0.2, 0) is 0 Å². The van der Waals surface area contributed by atoms with Gasteiger partial charge in [0, 0.05) is 23.2 Å². The van der Waals surface area contributed by atoms with Gasteiger partial charge in [0.05, 0.1) is 11.2 Å². The van der Waals surface area contributed by atoms with Crippen molar-refractivity contribution in [2.75, 3.05) is 0 Å². The van der Waals surface area contributed by atoms with Gasteiger partial charge >= 0.3 is 0 Å². The zero-order chi connectivity index (χ0) is 11.7. The van der Waals surface area contributed by atoms with E-state index in [0.29, 0.717) is 5.15 Å². The molecule has 3 aromatic rings. The van der Waals surface area contributed by atoms with Gasteiger partial charge in [0.1, 0.15) is 11.5 Å². The van der Waals surface area contributed by atoms with Gasteiger partial charge in [-0.1, -0.05) is 23.7 Å². The van der Waals surface area contributed by atoms with Gasteiger partial charge in [-0.15, -0.1) is 0 Å². The second-order valence-electron chi connectivity index (χ2n) is 3.64. The number of hydrogen-bond acceptors (Lipinski definition) is 3. The van der Waals surface area contributed by atoms with E-state index < -0.39 is 0 Å². The summed E-state index contributed by atoms with van der Waals surface area (Å²) in [5.74, 6) is 0. The van der Waals surface area contributed by atoms with Gasteiger partial charge < -0.3 is 0 Å². The Balaban J connectivity index is 2.18. The quantitative estimate of drug-likeness (QED) is 0.614. The first-order valence-electron chi connectivity index (χ1n) is 5.16. The predicted molar refractivity (Wildman–Crippen MR) is 67.8 cm³/mol. The predicted octanol–water partition coefficient (Wildman–Crippen LogP) is 3.35. The molecule has 0 radical (unpaired) electrons. The molecule has 0 aliphatic rings. The Bertz CT molecular complexity index is 682. The molecule has 2 heterocycles. The van der Waals surface area contributed by atoms with E-state index in [1.165, 1.54) is 6.33 Å². The van der Waals surface area contributed by atoms with E-state index in [1.54, 1.807) is 12.3 Å². The third-order valence-corrected chi connectivity index (χ3v) is 2.74. The fourth-order valence-corrected chi connectivity index (χ4v) is 1.87. The van der Waals surface area contributed by atoms with Crippen molar-refractivity contribution in [3.8, 4) is 11.3 Å². The van der Waals surface area contributed by atoms with E-state index in [2.05, 4.69) is 15.0 Å². The fourth-order valence-electron chi connectivity index (χ4n) is 1.73. The van der Waals surface area contributed by atoms with Crippen molar-refractivity contribution in [1.82, 2.24) is 15.0 Å². The van der Waals surface area contributed by atoms with Crippen LogP contribution in [0.25, 0.3) is 22.2 Å². The lowest BCUT2D eigenvalue weighted by Gasteiger charge is -2.02. The van der Waals surface area contributed by atoms with Gasteiger partial charge in [0.15, 0.2) is 0 Å². The summed E-state index contributed by atoms with van der Waals surface area (Å²) in [6, 6.07) is 11.7. The highest BCUT2D eigenvalue weighted by Gasteiger charge is 2.02. The first-order chi connectivity index (χ1) is 8.33. The molecule has 0 aliphatic heterocycles. The van der Waals surface area contributed by atoms with E-state index in [4.69, 9.17) is 11.6 Å². The Morgan fingerprint density at radius 3 is 2.76 bits per heavy atom. The minimum absolute atomic E-state index is 0.446. The van der Waals surface area contributed by atoms with E-state index in [1.807, 2.05) is 30.3 Å².